The Labute approximate surface area is 58.5 Å². The second-order valence-electron chi connectivity index (χ2n) is 1.92. The van der Waals surface area contributed by atoms with Gasteiger partial charge in [0.15, 0.2) is 0 Å². The second-order valence-corrected chi connectivity index (χ2v) is 1.92. The van der Waals surface area contributed by atoms with E-state index in [0.717, 1.165) is 5.82 Å². The van der Waals surface area contributed by atoms with Gasteiger partial charge in [-0.25, -0.2) is 9.78 Å². The van der Waals surface area contributed by atoms with E-state index in [4.69, 9.17) is 0 Å². The zero-order valence-corrected chi connectivity index (χ0v) is 5.96. The van der Waals surface area contributed by atoms with Crippen LogP contribution in [0.25, 0.3) is 0 Å². The third-order valence-corrected chi connectivity index (χ3v) is 1.32. The quantitative estimate of drug-likeness (QED) is 0.587. The van der Waals surface area contributed by atoms with Gasteiger partial charge in [-0.2, -0.15) is 0 Å². The van der Waals surface area contributed by atoms with Gasteiger partial charge in [-0.1, -0.05) is 0 Å². The molecule has 0 saturated heterocycles. The fourth-order valence-electron chi connectivity index (χ4n) is 0.724. The number of nitrogens with zero attached hydrogens (tertiary/aromatic N) is 2. The standard InChI is InChI=1S/C6H9N3O/c1-7-5-3-4-8-6(10)9(5)2/h3-4,7H,1-2H3. The molecule has 54 valence electrons. The molecule has 0 fully saturated rings. The minimum absolute atomic E-state index is 0.244. The van der Waals surface area contributed by atoms with Gasteiger partial charge in [0.2, 0.25) is 0 Å². The molecule has 0 radical (unpaired) electrons. The first kappa shape index (κ1) is 6.80. The lowest BCUT2D eigenvalue weighted by atomic mass is 10.6. The zero-order valence-electron chi connectivity index (χ0n) is 5.96. The SMILES string of the molecule is CNc1ccnc(=O)n1C. The Balaban J connectivity index is 3.28. The monoisotopic (exact) mass is 139 g/mol. The molecule has 0 aliphatic carbocycles. The van der Waals surface area contributed by atoms with Crippen molar-refractivity contribution in [3.05, 3.63) is 22.7 Å². The maximum atomic E-state index is 10.8. The van der Waals surface area contributed by atoms with Crippen molar-refractivity contribution in [2.45, 2.75) is 0 Å². The highest BCUT2D eigenvalue weighted by Gasteiger charge is 1.93. The number of hydrogen-bond donors (Lipinski definition) is 1. The molecule has 0 aromatic carbocycles. The van der Waals surface area contributed by atoms with E-state index in [1.54, 1.807) is 20.2 Å². The first-order valence-electron chi connectivity index (χ1n) is 2.95. The molecule has 1 aromatic heterocycles. The summed E-state index contributed by atoms with van der Waals surface area (Å²) in [7, 11) is 3.43. The minimum atomic E-state index is -0.244. The lowest BCUT2D eigenvalue weighted by molar-refractivity contribution is 0.818. The third-order valence-electron chi connectivity index (χ3n) is 1.32. The van der Waals surface area contributed by atoms with E-state index in [9.17, 15) is 4.79 Å². The first-order chi connectivity index (χ1) is 4.75. The van der Waals surface area contributed by atoms with Crippen LogP contribution in [0.2, 0.25) is 0 Å². The van der Waals surface area contributed by atoms with Gasteiger partial charge in [0, 0.05) is 20.3 Å². The zero-order chi connectivity index (χ0) is 7.56. The first-order valence-corrected chi connectivity index (χ1v) is 2.95. The lowest BCUT2D eigenvalue weighted by Gasteiger charge is -2.03. The Morgan fingerprint density at radius 2 is 2.40 bits per heavy atom. The van der Waals surface area contributed by atoms with Gasteiger partial charge >= 0.3 is 5.69 Å². The Bertz CT molecular complexity index is 279. The van der Waals surface area contributed by atoms with Gasteiger partial charge in [-0.15, -0.1) is 0 Å². The minimum Gasteiger partial charge on any atom is -0.374 e. The number of anilines is 1. The summed E-state index contributed by atoms with van der Waals surface area (Å²) in [6.07, 6.45) is 1.48. The highest BCUT2D eigenvalue weighted by atomic mass is 16.1. The predicted molar refractivity (Wildman–Crippen MR) is 39.0 cm³/mol. The fourth-order valence-corrected chi connectivity index (χ4v) is 0.724. The van der Waals surface area contributed by atoms with Gasteiger partial charge in [0.1, 0.15) is 5.82 Å². The lowest BCUT2D eigenvalue weighted by Crippen LogP contribution is -2.21. The van der Waals surface area contributed by atoms with E-state index in [1.807, 2.05) is 0 Å². The Morgan fingerprint density at radius 1 is 1.70 bits per heavy atom. The smallest absolute Gasteiger partial charge is 0.348 e. The van der Waals surface area contributed by atoms with Crippen LogP contribution in [0.3, 0.4) is 0 Å². The van der Waals surface area contributed by atoms with Crippen LogP contribution < -0.4 is 11.0 Å². The van der Waals surface area contributed by atoms with Gasteiger partial charge in [-0.05, 0) is 6.07 Å². The number of rotatable bonds is 1. The highest BCUT2D eigenvalue weighted by molar-refractivity contribution is 5.31. The molecule has 0 atom stereocenters. The summed E-state index contributed by atoms with van der Waals surface area (Å²) in [5, 5.41) is 2.86. The Kier molecular flexibility index (Phi) is 1.71. The van der Waals surface area contributed by atoms with Gasteiger partial charge in [-0.3, -0.25) is 4.57 Å². The topological polar surface area (TPSA) is 46.9 Å². The maximum absolute atomic E-state index is 10.8. The van der Waals surface area contributed by atoms with Crippen LogP contribution in [0.15, 0.2) is 17.1 Å². The van der Waals surface area contributed by atoms with E-state index in [0.29, 0.717) is 0 Å². The van der Waals surface area contributed by atoms with Crippen molar-refractivity contribution in [2.75, 3.05) is 12.4 Å². The van der Waals surface area contributed by atoms with Crippen LogP contribution in [-0.4, -0.2) is 16.6 Å². The van der Waals surface area contributed by atoms with Crippen LogP contribution in [0.4, 0.5) is 5.82 Å². The Hall–Kier alpha value is -1.32. The number of aromatic nitrogens is 2. The summed E-state index contributed by atoms with van der Waals surface area (Å²) in [5.74, 6) is 0.764. The molecule has 0 spiro atoms. The van der Waals surface area contributed by atoms with Gasteiger partial charge in [0.25, 0.3) is 0 Å². The van der Waals surface area contributed by atoms with Crippen LogP contribution in [0, 0.1) is 0 Å². The largest absolute Gasteiger partial charge is 0.374 e. The molecule has 0 aliphatic rings. The summed E-state index contributed by atoms with van der Waals surface area (Å²) < 4.78 is 1.44. The average Bonchev–Trinajstić information content (AvgIpc) is 1.95. The van der Waals surface area contributed by atoms with Crippen LogP contribution in [-0.2, 0) is 7.05 Å². The van der Waals surface area contributed by atoms with Crippen LogP contribution in [0.5, 0.6) is 0 Å². The molecule has 0 saturated carbocycles. The summed E-state index contributed by atoms with van der Waals surface area (Å²) in [6, 6.07) is 1.74. The van der Waals surface area contributed by atoms with E-state index in [1.165, 1.54) is 10.8 Å². The van der Waals surface area contributed by atoms with Crippen molar-refractivity contribution in [1.29, 1.82) is 0 Å². The number of nitrogens with one attached hydrogen (secondary N) is 1. The summed E-state index contributed by atoms with van der Waals surface area (Å²) in [4.78, 5) is 14.4. The summed E-state index contributed by atoms with van der Waals surface area (Å²) in [5.41, 5.74) is -0.244. The maximum Gasteiger partial charge on any atom is 0.348 e. The molecule has 4 nitrogen and oxygen atoms in total. The van der Waals surface area contributed by atoms with Crippen molar-refractivity contribution in [3.8, 4) is 0 Å². The van der Waals surface area contributed by atoms with Crippen LogP contribution in [0.1, 0.15) is 0 Å². The molecule has 1 rings (SSSR count). The van der Waals surface area contributed by atoms with Gasteiger partial charge in [0.05, 0.1) is 0 Å². The molecule has 0 unspecified atom stereocenters. The average molecular weight is 139 g/mol. The predicted octanol–water partition coefficient (Wildman–Crippen LogP) is -0.178. The third kappa shape index (κ3) is 1.00. The summed E-state index contributed by atoms with van der Waals surface area (Å²) in [6.45, 7) is 0. The van der Waals surface area contributed by atoms with E-state index in [-0.39, 0.29) is 5.69 Å². The highest BCUT2D eigenvalue weighted by Crippen LogP contribution is 1.96. The molecule has 1 aromatic rings. The van der Waals surface area contributed by atoms with Crippen molar-refractivity contribution in [1.82, 2.24) is 9.55 Å². The molecular weight excluding hydrogens is 130 g/mol. The second kappa shape index (κ2) is 2.51. The summed E-state index contributed by atoms with van der Waals surface area (Å²) >= 11 is 0. The number of hydrogen-bond acceptors (Lipinski definition) is 3. The van der Waals surface area contributed by atoms with Crippen molar-refractivity contribution < 1.29 is 0 Å². The molecule has 0 amide bonds. The Morgan fingerprint density at radius 3 is 2.90 bits per heavy atom. The molecule has 1 heterocycles. The molecule has 4 heteroatoms. The van der Waals surface area contributed by atoms with E-state index < -0.39 is 0 Å². The van der Waals surface area contributed by atoms with Crippen molar-refractivity contribution in [2.24, 2.45) is 7.05 Å². The fraction of sp³-hybridized carbons (Fsp3) is 0.333. The van der Waals surface area contributed by atoms with Crippen molar-refractivity contribution in [3.63, 3.8) is 0 Å². The van der Waals surface area contributed by atoms with E-state index >= 15 is 0 Å². The van der Waals surface area contributed by atoms with E-state index in [2.05, 4.69) is 10.3 Å². The molecule has 10 heavy (non-hydrogen) atoms. The molecule has 1 N–H and O–H groups in total. The van der Waals surface area contributed by atoms with Gasteiger partial charge < -0.3 is 5.32 Å². The van der Waals surface area contributed by atoms with Crippen LogP contribution >= 0.6 is 0 Å². The molecule has 0 aliphatic heterocycles. The van der Waals surface area contributed by atoms with Crippen molar-refractivity contribution >= 4 is 5.82 Å². The molecule has 0 bridgehead atoms. The normalized spacial score (nSPS) is 9.40. The molecular formula is C6H9N3O.